The molecule has 0 aliphatic rings. The molecule has 0 unspecified atom stereocenters. The molecule has 118 valence electrons. The number of nitrogens with zero attached hydrogens (tertiary/aromatic N) is 1. The van der Waals surface area contributed by atoms with Crippen LogP contribution in [0.5, 0.6) is 0 Å². The van der Waals surface area contributed by atoms with Crippen LogP contribution in [0.4, 0.5) is 5.69 Å². The molecule has 2 aromatic heterocycles. The SMILES string of the molecule is CC(C)c1ccc2[nH]cc(CCC(=O)Nc3ccncc3)c2c1. The lowest BCUT2D eigenvalue weighted by atomic mass is 9.99. The topological polar surface area (TPSA) is 57.8 Å². The second kappa shape index (κ2) is 6.65. The van der Waals surface area contributed by atoms with Crippen molar-refractivity contribution in [2.24, 2.45) is 0 Å². The Morgan fingerprint density at radius 3 is 2.74 bits per heavy atom. The summed E-state index contributed by atoms with van der Waals surface area (Å²) in [6, 6.07) is 10.1. The van der Waals surface area contributed by atoms with Gasteiger partial charge in [-0.1, -0.05) is 19.9 Å². The molecule has 3 aromatic rings. The van der Waals surface area contributed by atoms with Gasteiger partial charge in [0.1, 0.15) is 0 Å². The summed E-state index contributed by atoms with van der Waals surface area (Å²) in [4.78, 5) is 19.3. The minimum atomic E-state index is 0.0190. The van der Waals surface area contributed by atoms with Gasteiger partial charge in [0, 0.05) is 41.6 Å². The van der Waals surface area contributed by atoms with Crippen molar-refractivity contribution >= 4 is 22.5 Å². The Morgan fingerprint density at radius 2 is 2.00 bits per heavy atom. The van der Waals surface area contributed by atoms with E-state index in [0.29, 0.717) is 12.3 Å². The van der Waals surface area contributed by atoms with Crippen molar-refractivity contribution in [2.75, 3.05) is 5.32 Å². The number of pyridine rings is 1. The second-order valence-corrected chi connectivity index (χ2v) is 6.06. The maximum absolute atomic E-state index is 12.1. The molecule has 2 heterocycles. The van der Waals surface area contributed by atoms with Gasteiger partial charge in [0.15, 0.2) is 0 Å². The summed E-state index contributed by atoms with van der Waals surface area (Å²) >= 11 is 0. The van der Waals surface area contributed by atoms with Crippen molar-refractivity contribution < 1.29 is 4.79 Å². The lowest BCUT2D eigenvalue weighted by Crippen LogP contribution is -2.12. The van der Waals surface area contributed by atoms with E-state index in [1.54, 1.807) is 24.5 Å². The third-order valence-electron chi connectivity index (χ3n) is 4.04. The summed E-state index contributed by atoms with van der Waals surface area (Å²) < 4.78 is 0. The van der Waals surface area contributed by atoms with Crippen molar-refractivity contribution in [3.05, 3.63) is 60.0 Å². The number of fused-ring (bicyclic) bond motifs is 1. The second-order valence-electron chi connectivity index (χ2n) is 6.06. The molecule has 1 amide bonds. The van der Waals surface area contributed by atoms with Gasteiger partial charge in [-0.05, 0) is 47.7 Å². The standard InChI is InChI=1S/C19H21N3O/c1-13(2)14-3-5-18-17(11-14)15(12-21-18)4-6-19(23)22-16-7-9-20-10-8-16/h3,5,7-13,21H,4,6H2,1-2H3,(H,20,22,23). The number of aromatic nitrogens is 2. The van der Waals surface area contributed by atoms with E-state index in [1.165, 1.54) is 16.5 Å². The predicted octanol–water partition coefficient (Wildman–Crippen LogP) is 4.26. The zero-order chi connectivity index (χ0) is 16.2. The quantitative estimate of drug-likeness (QED) is 0.740. The number of amides is 1. The fourth-order valence-corrected chi connectivity index (χ4v) is 2.67. The van der Waals surface area contributed by atoms with Crippen LogP contribution in [0.3, 0.4) is 0 Å². The molecule has 0 radical (unpaired) electrons. The Labute approximate surface area is 136 Å². The lowest BCUT2D eigenvalue weighted by Gasteiger charge is -2.07. The van der Waals surface area contributed by atoms with Gasteiger partial charge < -0.3 is 10.3 Å². The molecular formula is C19H21N3O. The molecule has 1 aromatic carbocycles. The molecule has 0 spiro atoms. The third-order valence-corrected chi connectivity index (χ3v) is 4.04. The molecule has 23 heavy (non-hydrogen) atoms. The molecule has 4 heteroatoms. The van der Waals surface area contributed by atoms with E-state index in [0.717, 1.165) is 17.6 Å². The monoisotopic (exact) mass is 307 g/mol. The van der Waals surface area contributed by atoms with Gasteiger partial charge in [-0.2, -0.15) is 0 Å². The Bertz CT molecular complexity index is 806. The number of anilines is 1. The highest BCUT2D eigenvalue weighted by molar-refractivity contribution is 5.91. The average Bonchev–Trinajstić information content (AvgIpc) is 2.96. The average molecular weight is 307 g/mol. The number of benzene rings is 1. The Kier molecular flexibility index (Phi) is 4.42. The highest BCUT2D eigenvalue weighted by Crippen LogP contribution is 2.24. The molecule has 0 atom stereocenters. The Hall–Kier alpha value is -2.62. The first-order chi connectivity index (χ1) is 11.1. The highest BCUT2D eigenvalue weighted by Gasteiger charge is 2.09. The predicted molar refractivity (Wildman–Crippen MR) is 93.6 cm³/mol. The number of nitrogens with one attached hydrogen (secondary N) is 2. The molecule has 0 saturated carbocycles. The van der Waals surface area contributed by atoms with Crippen molar-refractivity contribution in [2.45, 2.75) is 32.6 Å². The zero-order valence-electron chi connectivity index (χ0n) is 13.5. The number of hydrogen-bond donors (Lipinski definition) is 2. The molecule has 4 nitrogen and oxygen atoms in total. The number of carbonyl (C=O) groups excluding carboxylic acids is 1. The van der Waals surface area contributed by atoms with Crippen LogP contribution >= 0.6 is 0 Å². The smallest absolute Gasteiger partial charge is 0.224 e. The number of aryl methyl sites for hydroxylation is 1. The first kappa shape index (κ1) is 15.3. The van der Waals surface area contributed by atoms with Crippen molar-refractivity contribution in [3.63, 3.8) is 0 Å². The zero-order valence-corrected chi connectivity index (χ0v) is 13.5. The summed E-state index contributed by atoms with van der Waals surface area (Å²) in [7, 11) is 0. The highest BCUT2D eigenvalue weighted by atomic mass is 16.1. The van der Waals surface area contributed by atoms with Gasteiger partial charge in [0.05, 0.1) is 0 Å². The first-order valence-electron chi connectivity index (χ1n) is 7.93. The molecule has 0 fully saturated rings. The molecule has 0 saturated heterocycles. The van der Waals surface area contributed by atoms with Crippen molar-refractivity contribution in [1.29, 1.82) is 0 Å². The van der Waals surface area contributed by atoms with Crippen molar-refractivity contribution in [3.8, 4) is 0 Å². The molecular weight excluding hydrogens is 286 g/mol. The third kappa shape index (κ3) is 3.59. The van der Waals surface area contributed by atoms with Gasteiger partial charge in [-0.25, -0.2) is 0 Å². The van der Waals surface area contributed by atoms with Gasteiger partial charge in [-0.15, -0.1) is 0 Å². The molecule has 0 aliphatic heterocycles. The van der Waals surface area contributed by atoms with Gasteiger partial charge in [0.2, 0.25) is 5.91 Å². The van der Waals surface area contributed by atoms with Crippen molar-refractivity contribution in [1.82, 2.24) is 9.97 Å². The largest absolute Gasteiger partial charge is 0.361 e. The van der Waals surface area contributed by atoms with Crippen LogP contribution in [0.25, 0.3) is 10.9 Å². The maximum Gasteiger partial charge on any atom is 0.224 e. The van der Waals surface area contributed by atoms with E-state index in [9.17, 15) is 4.79 Å². The summed E-state index contributed by atoms with van der Waals surface area (Å²) in [6.07, 6.45) is 6.53. The number of aromatic amines is 1. The fraction of sp³-hybridized carbons (Fsp3) is 0.263. The van der Waals surface area contributed by atoms with Crippen LogP contribution in [0.15, 0.2) is 48.9 Å². The van der Waals surface area contributed by atoms with Gasteiger partial charge in [0.25, 0.3) is 0 Å². The lowest BCUT2D eigenvalue weighted by molar-refractivity contribution is -0.116. The van der Waals surface area contributed by atoms with E-state index in [1.807, 2.05) is 6.20 Å². The van der Waals surface area contributed by atoms with E-state index >= 15 is 0 Å². The van der Waals surface area contributed by atoms with E-state index < -0.39 is 0 Å². The number of H-pyrrole nitrogens is 1. The van der Waals surface area contributed by atoms with Gasteiger partial charge >= 0.3 is 0 Å². The van der Waals surface area contributed by atoms with E-state index in [4.69, 9.17) is 0 Å². The van der Waals surface area contributed by atoms with Crippen LogP contribution in [0.1, 0.15) is 37.3 Å². The molecule has 3 rings (SSSR count). The molecule has 0 aliphatic carbocycles. The number of carbonyl (C=O) groups is 1. The van der Waals surface area contributed by atoms with Crippen LogP contribution in [-0.2, 0) is 11.2 Å². The minimum absolute atomic E-state index is 0.0190. The normalized spacial score (nSPS) is 11.1. The summed E-state index contributed by atoms with van der Waals surface area (Å²) in [5.41, 5.74) is 4.41. The Morgan fingerprint density at radius 1 is 1.22 bits per heavy atom. The minimum Gasteiger partial charge on any atom is -0.361 e. The summed E-state index contributed by atoms with van der Waals surface area (Å²) in [6.45, 7) is 4.38. The number of rotatable bonds is 5. The van der Waals surface area contributed by atoms with Crippen LogP contribution in [-0.4, -0.2) is 15.9 Å². The molecule has 2 N–H and O–H groups in total. The van der Waals surface area contributed by atoms with E-state index in [2.05, 4.69) is 47.3 Å². The first-order valence-corrected chi connectivity index (χ1v) is 7.93. The fourth-order valence-electron chi connectivity index (χ4n) is 2.67. The molecule has 0 bridgehead atoms. The van der Waals surface area contributed by atoms with Crippen LogP contribution < -0.4 is 5.32 Å². The summed E-state index contributed by atoms with van der Waals surface area (Å²) in [5, 5.41) is 4.11. The number of hydrogen-bond acceptors (Lipinski definition) is 2. The van der Waals surface area contributed by atoms with Crippen LogP contribution in [0.2, 0.25) is 0 Å². The van der Waals surface area contributed by atoms with Crippen LogP contribution in [0, 0.1) is 0 Å². The maximum atomic E-state index is 12.1. The van der Waals surface area contributed by atoms with E-state index in [-0.39, 0.29) is 5.91 Å². The Balaban J connectivity index is 1.69. The van der Waals surface area contributed by atoms with Gasteiger partial charge in [-0.3, -0.25) is 9.78 Å². The summed E-state index contributed by atoms with van der Waals surface area (Å²) in [5.74, 6) is 0.516.